The van der Waals surface area contributed by atoms with Gasteiger partial charge in [0, 0.05) is 71.3 Å². The van der Waals surface area contributed by atoms with E-state index in [2.05, 4.69) is 50.0 Å². The van der Waals surface area contributed by atoms with Crippen molar-refractivity contribution in [3.63, 3.8) is 0 Å². The summed E-state index contributed by atoms with van der Waals surface area (Å²) in [4.78, 5) is 16.6. The molecule has 1 aromatic heterocycles. The van der Waals surface area contributed by atoms with Crippen molar-refractivity contribution < 1.29 is 18.9 Å². The van der Waals surface area contributed by atoms with Crippen LogP contribution in [0.3, 0.4) is 0 Å². The first-order valence-electron chi connectivity index (χ1n) is 15.0. The van der Waals surface area contributed by atoms with E-state index in [9.17, 15) is 0 Å². The third-order valence-corrected chi connectivity index (χ3v) is 9.41. The molecule has 2 aliphatic heterocycles. The average molecular weight is 605 g/mol. The topological polar surface area (TPSA) is 84.4 Å². The van der Waals surface area contributed by atoms with Gasteiger partial charge in [-0.3, -0.25) is 9.80 Å². The van der Waals surface area contributed by atoms with Gasteiger partial charge in [0.25, 0.3) is 0 Å². The molecule has 0 amide bonds. The van der Waals surface area contributed by atoms with Crippen LogP contribution in [0.15, 0.2) is 47.1 Å². The Morgan fingerprint density at radius 1 is 1.10 bits per heavy atom. The smallest absolute Gasteiger partial charge is 0.227 e. The van der Waals surface area contributed by atoms with Gasteiger partial charge in [-0.05, 0) is 64.0 Å². The number of hydrogen-bond donors (Lipinski definition) is 1. The van der Waals surface area contributed by atoms with Crippen molar-refractivity contribution in [2.45, 2.75) is 63.3 Å². The fourth-order valence-corrected chi connectivity index (χ4v) is 6.46. The number of ether oxygens (including phenoxy) is 4. The van der Waals surface area contributed by atoms with Gasteiger partial charge in [0.15, 0.2) is 5.75 Å². The highest BCUT2D eigenvalue weighted by Crippen LogP contribution is 2.31. The highest BCUT2D eigenvalue weighted by Gasteiger charge is 2.31. The number of rotatable bonds is 12. The van der Waals surface area contributed by atoms with E-state index in [1.807, 2.05) is 19.9 Å². The molecule has 0 spiro atoms. The molecule has 4 atom stereocenters. The minimum atomic E-state index is -0.344. The predicted octanol–water partition coefficient (Wildman–Crippen LogP) is 3.77. The van der Waals surface area contributed by atoms with E-state index in [1.165, 1.54) is 39.0 Å². The molecule has 10 nitrogen and oxygen atoms in total. The number of alkyl halides is 1. The van der Waals surface area contributed by atoms with E-state index < -0.39 is 0 Å². The van der Waals surface area contributed by atoms with Gasteiger partial charge >= 0.3 is 0 Å². The van der Waals surface area contributed by atoms with Crippen LogP contribution in [0.25, 0.3) is 0 Å². The molecule has 0 saturated carbocycles. The molecule has 3 aliphatic rings. The fraction of sp³-hybridized carbons (Fsp3) is 0.677. The Morgan fingerprint density at radius 3 is 2.36 bits per heavy atom. The van der Waals surface area contributed by atoms with Crippen LogP contribution in [0.4, 0.5) is 5.95 Å². The van der Waals surface area contributed by atoms with Gasteiger partial charge in [-0.1, -0.05) is 0 Å². The number of halogens is 1. The van der Waals surface area contributed by atoms with E-state index in [1.54, 1.807) is 33.7 Å². The van der Waals surface area contributed by atoms with Crippen LogP contribution >= 0.6 is 11.6 Å². The number of aromatic nitrogens is 2. The summed E-state index contributed by atoms with van der Waals surface area (Å²) < 4.78 is 22.9. The van der Waals surface area contributed by atoms with Gasteiger partial charge in [0.05, 0.1) is 37.1 Å². The zero-order valence-corrected chi connectivity index (χ0v) is 27.1. The largest absolute Gasteiger partial charge is 0.497 e. The first-order valence-corrected chi connectivity index (χ1v) is 15.4. The third-order valence-electron chi connectivity index (χ3n) is 8.90. The standard InChI is InChI=1S/C31H49ClN6O4/c1-21(16-28(40-6)23(3)37-10-8-24(9-11-37)38-14-12-36(4)13-15-38)35-31-33-18-25(19-34-31)42-20-26-22(2)27(39-5)17-29(41-7)30(26)32/h16-19,23-24,28-30H,8-15,20H2,1-7H3,(H,33,34,35)/b21-16+. The number of nitrogens with one attached hydrogen (secondary N) is 1. The molecule has 0 radical (unpaired) electrons. The minimum absolute atomic E-state index is 0.0437. The van der Waals surface area contributed by atoms with Crippen molar-refractivity contribution >= 4 is 17.5 Å². The SMILES string of the molecule is COC1=CC(OC)C(Cl)C(COc2cnc(N/C(C)=C/C(OC)C(C)N3CCC(N4CCN(C)CC4)CC3)nc2)=C1C. The van der Waals surface area contributed by atoms with Crippen molar-refractivity contribution in [1.29, 1.82) is 0 Å². The summed E-state index contributed by atoms with van der Waals surface area (Å²) in [6.45, 7) is 13.4. The molecule has 0 aromatic carbocycles. The van der Waals surface area contributed by atoms with Gasteiger partial charge in [-0.15, -0.1) is 11.6 Å². The van der Waals surface area contributed by atoms with Gasteiger partial charge in [0.2, 0.25) is 5.95 Å². The Hall–Kier alpha value is -2.21. The molecule has 1 aliphatic carbocycles. The molecule has 4 rings (SSSR count). The number of likely N-dealkylation sites (tertiary alicyclic amines) is 1. The van der Waals surface area contributed by atoms with Crippen LogP contribution in [0.2, 0.25) is 0 Å². The second kappa shape index (κ2) is 15.5. The van der Waals surface area contributed by atoms with Crippen molar-refractivity contribution in [3.05, 3.63) is 47.1 Å². The van der Waals surface area contributed by atoms with Crippen molar-refractivity contribution in [2.24, 2.45) is 0 Å². The predicted molar refractivity (Wildman–Crippen MR) is 167 cm³/mol. The van der Waals surface area contributed by atoms with Crippen molar-refractivity contribution in [1.82, 2.24) is 24.7 Å². The molecule has 11 heteroatoms. The number of hydrogen-bond acceptors (Lipinski definition) is 10. The van der Waals surface area contributed by atoms with Gasteiger partial charge in [-0.25, -0.2) is 9.97 Å². The summed E-state index contributed by atoms with van der Waals surface area (Å²) in [6, 6.07) is 0.972. The lowest BCUT2D eigenvalue weighted by atomic mass is 9.95. The molecular weight excluding hydrogens is 556 g/mol. The summed E-state index contributed by atoms with van der Waals surface area (Å²) in [5, 5.41) is 2.95. The van der Waals surface area contributed by atoms with Gasteiger partial charge < -0.3 is 29.2 Å². The number of nitrogens with zero attached hydrogens (tertiary/aromatic N) is 5. The molecule has 234 valence electrons. The molecule has 1 N–H and O–H groups in total. The number of methoxy groups -OCH3 is 3. The van der Waals surface area contributed by atoms with Crippen LogP contribution in [0.1, 0.15) is 33.6 Å². The lowest BCUT2D eigenvalue weighted by Gasteiger charge is -2.44. The highest BCUT2D eigenvalue weighted by atomic mass is 35.5. The second-order valence-electron chi connectivity index (χ2n) is 11.5. The summed E-state index contributed by atoms with van der Waals surface area (Å²) >= 11 is 6.66. The molecule has 3 heterocycles. The molecule has 4 unspecified atom stereocenters. The maximum absolute atomic E-state index is 6.66. The quantitative estimate of drug-likeness (QED) is 0.356. The molecular formula is C31H49ClN6O4. The Balaban J connectivity index is 1.28. The fourth-order valence-electron chi connectivity index (χ4n) is 6.06. The minimum Gasteiger partial charge on any atom is -0.497 e. The van der Waals surface area contributed by atoms with Gasteiger partial charge in [0.1, 0.15) is 12.4 Å². The van der Waals surface area contributed by atoms with Gasteiger partial charge in [-0.2, -0.15) is 0 Å². The monoisotopic (exact) mass is 604 g/mol. The van der Waals surface area contributed by atoms with E-state index >= 15 is 0 Å². The number of anilines is 1. The number of piperazine rings is 1. The van der Waals surface area contributed by atoms with E-state index in [0.717, 1.165) is 35.7 Å². The first kappa shape index (κ1) is 32.7. The molecule has 2 saturated heterocycles. The normalized spacial score (nSPS) is 25.2. The summed E-state index contributed by atoms with van der Waals surface area (Å²) in [6.07, 6.45) is 9.44. The average Bonchev–Trinajstić information content (AvgIpc) is 3.01. The third kappa shape index (κ3) is 8.24. The van der Waals surface area contributed by atoms with Crippen LogP contribution < -0.4 is 10.1 Å². The molecule has 0 bridgehead atoms. The molecule has 2 fully saturated rings. The zero-order chi connectivity index (χ0) is 30.2. The van der Waals surface area contributed by atoms with E-state index in [-0.39, 0.29) is 30.2 Å². The van der Waals surface area contributed by atoms with Crippen molar-refractivity contribution in [2.75, 3.05) is 79.6 Å². The summed E-state index contributed by atoms with van der Waals surface area (Å²) in [5.41, 5.74) is 2.80. The van der Waals surface area contributed by atoms with E-state index in [4.69, 9.17) is 30.5 Å². The number of piperidine rings is 1. The summed E-state index contributed by atoms with van der Waals surface area (Å²) in [7, 11) is 7.26. The Bertz CT molecular complexity index is 1100. The number of likely N-dealkylation sites (N-methyl/N-ethyl adjacent to an activating group) is 1. The first-order chi connectivity index (χ1) is 20.2. The Morgan fingerprint density at radius 2 is 1.76 bits per heavy atom. The number of allylic oxidation sites excluding steroid dienone is 2. The lowest BCUT2D eigenvalue weighted by molar-refractivity contribution is 0.0153. The highest BCUT2D eigenvalue weighted by molar-refractivity contribution is 6.23. The van der Waals surface area contributed by atoms with Crippen LogP contribution in [-0.4, -0.2) is 129 Å². The second-order valence-corrected chi connectivity index (χ2v) is 12.0. The Labute approximate surface area is 256 Å². The van der Waals surface area contributed by atoms with Crippen molar-refractivity contribution in [3.8, 4) is 5.75 Å². The van der Waals surface area contributed by atoms with E-state index in [0.29, 0.717) is 17.7 Å². The lowest BCUT2D eigenvalue weighted by Crippen LogP contribution is -2.54. The van der Waals surface area contributed by atoms with Crippen LogP contribution in [0.5, 0.6) is 5.75 Å². The summed E-state index contributed by atoms with van der Waals surface area (Å²) in [5.74, 6) is 1.80. The van der Waals surface area contributed by atoms with Crippen LogP contribution in [-0.2, 0) is 14.2 Å². The molecule has 42 heavy (non-hydrogen) atoms. The van der Waals surface area contributed by atoms with Crippen LogP contribution in [0, 0.1) is 0 Å². The maximum Gasteiger partial charge on any atom is 0.227 e. The maximum atomic E-state index is 6.66. The zero-order valence-electron chi connectivity index (χ0n) is 26.3. The Kier molecular flexibility index (Phi) is 12.1. The molecule has 1 aromatic rings.